The first-order chi connectivity index (χ1) is 11.2. The third kappa shape index (κ3) is 1.99. The molecule has 0 radical (unpaired) electrons. The number of carbonyl (C=O) groups excluding carboxylic acids is 1. The Hall–Kier alpha value is -1.80. The van der Waals surface area contributed by atoms with Crippen molar-refractivity contribution < 1.29 is 23.1 Å². The molecule has 3 saturated carbocycles. The number of nitrogen functional groups attached to an aromatic ring is 1. The highest BCUT2D eigenvalue weighted by Crippen LogP contribution is 2.51. The monoisotopic (exact) mass is 341 g/mol. The molecule has 2 bridgehead atoms. The summed E-state index contributed by atoms with van der Waals surface area (Å²) in [5.41, 5.74) is 5.50. The lowest BCUT2D eigenvalue weighted by molar-refractivity contribution is -0.152. The van der Waals surface area contributed by atoms with Crippen LogP contribution in [-0.2, 0) is 11.0 Å². The minimum absolute atomic E-state index is 0.0451. The molecule has 1 aromatic rings. The summed E-state index contributed by atoms with van der Waals surface area (Å²) in [4.78, 5) is 12.8. The zero-order valence-electron chi connectivity index (χ0n) is 12.8. The number of hydrogen-bond acceptors (Lipinski definition) is 4. The van der Waals surface area contributed by atoms with Crippen molar-refractivity contribution in [2.45, 2.75) is 43.5 Å². The Kier molecular flexibility index (Phi) is 3.18. The summed E-state index contributed by atoms with van der Waals surface area (Å²) in [5, 5.41) is 12.1. The molecule has 1 saturated heterocycles. The number of fused-ring (bicyclic) bond motifs is 2. The van der Waals surface area contributed by atoms with Gasteiger partial charge >= 0.3 is 6.18 Å². The fourth-order valence-corrected chi connectivity index (χ4v) is 4.51. The second-order valence-electron chi connectivity index (χ2n) is 6.95. The number of carbonyl (C=O) groups is 1. The van der Waals surface area contributed by atoms with Crippen molar-refractivity contribution in [1.29, 1.82) is 0 Å². The van der Waals surface area contributed by atoms with Crippen LogP contribution in [0.3, 0.4) is 0 Å². The number of nitrogens with two attached hydrogens (primary N) is 1. The highest BCUT2D eigenvalue weighted by atomic mass is 19.4. The number of alkyl halides is 3. The average molecular weight is 341 g/mol. The summed E-state index contributed by atoms with van der Waals surface area (Å²) in [6.45, 7) is 0. The number of rotatable bonds is 1. The van der Waals surface area contributed by atoms with Gasteiger partial charge in [-0.2, -0.15) is 13.2 Å². The Morgan fingerprint density at radius 2 is 1.92 bits per heavy atom. The summed E-state index contributed by atoms with van der Waals surface area (Å²) in [5.74, 6) is -0.557. The number of halogens is 3. The number of nitrogens with zero attached hydrogens (tertiary/aromatic N) is 1. The molecule has 1 aliphatic heterocycles. The molecule has 130 valence electrons. The standard InChI is InChI=1S/C16H18F3N3O2/c17-16(18,19)11-7-10(5-6-12(11)20)22-14(23)15(24)9-3-1-8(2-4-9)13(15)21-22/h5-9,13,21,24H,1-4,20H2/t8?,9?,13-,15-/m1/s1. The van der Waals surface area contributed by atoms with Gasteiger partial charge in [0.1, 0.15) is 0 Å². The van der Waals surface area contributed by atoms with Gasteiger partial charge in [0.2, 0.25) is 0 Å². The lowest BCUT2D eigenvalue weighted by Gasteiger charge is -2.48. The smallest absolute Gasteiger partial charge is 0.398 e. The van der Waals surface area contributed by atoms with Crippen LogP contribution in [0.25, 0.3) is 0 Å². The summed E-state index contributed by atoms with van der Waals surface area (Å²) in [7, 11) is 0. The third-order valence-electron chi connectivity index (χ3n) is 5.75. The summed E-state index contributed by atoms with van der Waals surface area (Å²) < 4.78 is 39.2. The van der Waals surface area contributed by atoms with Crippen LogP contribution in [0.15, 0.2) is 18.2 Å². The Balaban J connectivity index is 1.73. The van der Waals surface area contributed by atoms with E-state index in [1.807, 2.05) is 0 Å². The fourth-order valence-electron chi connectivity index (χ4n) is 4.51. The maximum Gasteiger partial charge on any atom is 0.418 e. The number of amides is 1. The topological polar surface area (TPSA) is 78.6 Å². The molecular weight excluding hydrogens is 323 g/mol. The molecule has 8 heteroatoms. The quantitative estimate of drug-likeness (QED) is 0.683. The van der Waals surface area contributed by atoms with Gasteiger partial charge in [0.05, 0.1) is 17.3 Å². The van der Waals surface area contributed by atoms with Crippen LogP contribution < -0.4 is 16.2 Å². The number of hydrazine groups is 1. The molecule has 1 heterocycles. The number of hydrogen-bond donors (Lipinski definition) is 3. The van der Waals surface area contributed by atoms with E-state index in [2.05, 4.69) is 5.43 Å². The average Bonchev–Trinajstić information content (AvgIpc) is 2.82. The second-order valence-corrected chi connectivity index (χ2v) is 6.95. The zero-order valence-corrected chi connectivity index (χ0v) is 12.8. The van der Waals surface area contributed by atoms with Crippen LogP contribution in [0.5, 0.6) is 0 Å². The lowest BCUT2D eigenvalue weighted by Crippen LogP contribution is -2.61. The molecule has 4 N–H and O–H groups in total. The van der Waals surface area contributed by atoms with E-state index < -0.39 is 35.0 Å². The Morgan fingerprint density at radius 1 is 1.25 bits per heavy atom. The van der Waals surface area contributed by atoms with Gasteiger partial charge in [-0.15, -0.1) is 0 Å². The second kappa shape index (κ2) is 4.86. The molecular formula is C16H18F3N3O2. The summed E-state index contributed by atoms with van der Waals surface area (Å²) in [6, 6.07) is 2.90. The van der Waals surface area contributed by atoms with Crippen molar-refractivity contribution >= 4 is 17.3 Å². The van der Waals surface area contributed by atoms with Crippen LogP contribution in [0.1, 0.15) is 31.2 Å². The third-order valence-corrected chi connectivity index (χ3v) is 5.75. The van der Waals surface area contributed by atoms with Gasteiger partial charge in [-0.25, -0.2) is 10.4 Å². The molecule has 4 fully saturated rings. The highest BCUT2D eigenvalue weighted by molar-refractivity contribution is 6.02. The van der Waals surface area contributed by atoms with E-state index in [1.165, 1.54) is 6.07 Å². The van der Waals surface area contributed by atoms with E-state index in [4.69, 9.17) is 5.73 Å². The number of aliphatic hydroxyl groups is 1. The Labute approximate surface area is 136 Å². The maximum atomic E-state index is 13.1. The number of benzene rings is 1. The normalized spacial score (nSPS) is 35.4. The largest absolute Gasteiger partial charge is 0.418 e. The first-order valence-corrected chi connectivity index (χ1v) is 8.02. The fraction of sp³-hybridized carbons (Fsp3) is 0.562. The van der Waals surface area contributed by atoms with Gasteiger partial charge in [-0.1, -0.05) is 0 Å². The number of nitrogens with one attached hydrogen (secondary N) is 1. The van der Waals surface area contributed by atoms with Crippen LogP contribution in [0.4, 0.5) is 24.5 Å². The molecule has 2 atom stereocenters. The lowest BCUT2D eigenvalue weighted by atomic mass is 9.59. The van der Waals surface area contributed by atoms with Gasteiger partial charge in [0, 0.05) is 5.69 Å². The van der Waals surface area contributed by atoms with Crippen molar-refractivity contribution in [3.63, 3.8) is 0 Å². The van der Waals surface area contributed by atoms with Crippen LogP contribution in [0, 0.1) is 11.8 Å². The van der Waals surface area contributed by atoms with E-state index >= 15 is 0 Å². The van der Waals surface area contributed by atoms with Crippen LogP contribution >= 0.6 is 0 Å². The van der Waals surface area contributed by atoms with Crippen LogP contribution in [0.2, 0.25) is 0 Å². The zero-order chi connectivity index (χ0) is 17.3. The minimum Gasteiger partial charge on any atom is -0.398 e. The first-order valence-electron chi connectivity index (χ1n) is 8.02. The van der Waals surface area contributed by atoms with Gasteiger partial charge in [0.15, 0.2) is 5.60 Å². The van der Waals surface area contributed by atoms with Crippen molar-refractivity contribution in [3.8, 4) is 0 Å². The molecule has 3 aliphatic carbocycles. The Morgan fingerprint density at radius 3 is 2.50 bits per heavy atom. The van der Waals surface area contributed by atoms with Gasteiger partial charge < -0.3 is 10.8 Å². The van der Waals surface area contributed by atoms with E-state index in [0.29, 0.717) is 0 Å². The maximum absolute atomic E-state index is 13.1. The van der Waals surface area contributed by atoms with Crippen molar-refractivity contribution in [2.24, 2.45) is 11.8 Å². The SMILES string of the molecule is Nc1ccc(N2N[C@@H]3C4CCC(CC4)[C@]3(O)C2=O)cc1C(F)(F)F. The highest BCUT2D eigenvalue weighted by Gasteiger charge is 2.64. The summed E-state index contributed by atoms with van der Waals surface area (Å²) >= 11 is 0. The number of anilines is 2. The molecule has 1 aromatic carbocycles. The molecule has 5 nitrogen and oxygen atoms in total. The predicted octanol–water partition coefficient (Wildman–Crippen LogP) is 2.06. The van der Waals surface area contributed by atoms with Gasteiger partial charge in [-0.05, 0) is 55.7 Å². The molecule has 1 amide bonds. The minimum atomic E-state index is -4.61. The first kappa shape index (κ1) is 15.7. The van der Waals surface area contributed by atoms with E-state index in [9.17, 15) is 23.1 Å². The van der Waals surface area contributed by atoms with Crippen molar-refractivity contribution in [3.05, 3.63) is 23.8 Å². The van der Waals surface area contributed by atoms with Crippen LogP contribution in [-0.4, -0.2) is 22.7 Å². The molecule has 0 unspecified atom stereocenters. The summed E-state index contributed by atoms with van der Waals surface area (Å²) in [6.07, 6.45) is -1.23. The molecule has 24 heavy (non-hydrogen) atoms. The van der Waals surface area contributed by atoms with Gasteiger partial charge in [-0.3, -0.25) is 4.79 Å². The predicted molar refractivity (Wildman–Crippen MR) is 80.7 cm³/mol. The molecule has 0 aromatic heterocycles. The van der Waals surface area contributed by atoms with E-state index in [1.54, 1.807) is 0 Å². The van der Waals surface area contributed by atoms with E-state index in [0.717, 1.165) is 42.8 Å². The Bertz CT molecular complexity index is 700. The molecule has 5 rings (SSSR count). The van der Waals surface area contributed by atoms with E-state index in [-0.39, 0.29) is 17.5 Å². The molecule has 4 aliphatic rings. The van der Waals surface area contributed by atoms with Crippen molar-refractivity contribution in [2.75, 3.05) is 10.7 Å². The van der Waals surface area contributed by atoms with Gasteiger partial charge in [0.25, 0.3) is 5.91 Å². The van der Waals surface area contributed by atoms with Crippen molar-refractivity contribution in [1.82, 2.24) is 5.43 Å². The molecule has 0 spiro atoms.